The number of carbonyl (C=O) groups is 2. The molecule has 2 aliphatic rings. The maximum absolute atomic E-state index is 12.8. The molecule has 1 atom stereocenters. The van der Waals surface area contributed by atoms with E-state index in [1.807, 2.05) is 21.9 Å². The Morgan fingerprint density at radius 2 is 1.89 bits per heavy atom. The van der Waals surface area contributed by atoms with E-state index in [9.17, 15) is 9.59 Å². The minimum atomic E-state index is -0.491. The second kappa shape index (κ2) is 7.98. The first-order valence-corrected chi connectivity index (χ1v) is 9.60. The molecule has 0 bridgehead atoms. The maximum atomic E-state index is 12.8. The Bertz CT molecular complexity index is 877. The van der Waals surface area contributed by atoms with Gasteiger partial charge in [-0.2, -0.15) is 0 Å². The first-order valence-electron chi connectivity index (χ1n) is 9.60. The molecular weight excluding hydrogens is 356 g/mol. The van der Waals surface area contributed by atoms with Crippen LogP contribution < -0.4 is 10.6 Å². The number of anilines is 1. The molecular formula is C21H24N4O3. The van der Waals surface area contributed by atoms with Gasteiger partial charge in [0.25, 0.3) is 5.91 Å². The molecule has 7 heteroatoms. The number of amides is 2. The molecule has 2 aromatic rings. The van der Waals surface area contributed by atoms with Gasteiger partial charge in [0.2, 0.25) is 5.91 Å². The van der Waals surface area contributed by atoms with E-state index in [0.717, 1.165) is 12.0 Å². The Labute approximate surface area is 164 Å². The number of hydrogen-bond donors (Lipinski definition) is 1. The van der Waals surface area contributed by atoms with Gasteiger partial charge in [0.1, 0.15) is 5.82 Å². The van der Waals surface area contributed by atoms with E-state index in [1.165, 1.54) is 5.56 Å². The van der Waals surface area contributed by atoms with Crippen LogP contribution in [0.15, 0.2) is 42.6 Å². The summed E-state index contributed by atoms with van der Waals surface area (Å²) in [5, 5.41) is 0. The van der Waals surface area contributed by atoms with Crippen LogP contribution in [0.2, 0.25) is 0 Å². The Hall–Kier alpha value is -2.93. The summed E-state index contributed by atoms with van der Waals surface area (Å²) >= 11 is 0. The van der Waals surface area contributed by atoms with Crippen molar-refractivity contribution in [3.05, 3.63) is 59.3 Å². The van der Waals surface area contributed by atoms with Crippen molar-refractivity contribution < 1.29 is 14.3 Å². The minimum Gasteiger partial charge on any atom is -0.373 e. The van der Waals surface area contributed by atoms with Gasteiger partial charge in [0.05, 0.1) is 24.7 Å². The van der Waals surface area contributed by atoms with Crippen LogP contribution in [0.25, 0.3) is 0 Å². The van der Waals surface area contributed by atoms with Crippen LogP contribution in [0.1, 0.15) is 34.0 Å². The lowest BCUT2D eigenvalue weighted by atomic mass is 9.95. The van der Waals surface area contributed by atoms with Crippen molar-refractivity contribution in [2.24, 2.45) is 5.73 Å². The molecule has 28 heavy (non-hydrogen) atoms. The fourth-order valence-electron chi connectivity index (χ4n) is 3.94. The fourth-order valence-corrected chi connectivity index (χ4v) is 3.94. The first-order chi connectivity index (χ1) is 13.6. The molecule has 1 aromatic heterocycles. The number of piperazine rings is 1. The molecule has 0 aliphatic carbocycles. The molecule has 3 heterocycles. The molecule has 2 aliphatic heterocycles. The van der Waals surface area contributed by atoms with E-state index in [4.69, 9.17) is 10.5 Å². The number of nitrogens with two attached hydrogens (primary N) is 1. The summed E-state index contributed by atoms with van der Waals surface area (Å²) in [6.45, 7) is 3.05. The van der Waals surface area contributed by atoms with Crippen molar-refractivity contribution in [3.8, 4) is 0 Å². The van der Waals surface area contributed by atoms with Gasteiger partial charge in [-0.1, -0.05) is 24.3 Å². The molecule has 0 radical (unpaired) electrons. The van der Waals surface area contributed by atoms with Crippen molar-refractivity contribution in [1.82, 2.24) is 9.88 Å². The third-order valence-electron chi connectivity index (χ3n) is 5.44. The zero-order valence-corrected chi connectivity index (χ0v) is 15.7. The summed E-state index contributed by atoms with van der Waals surface area (Å²) in [7, 11) is 0. The first kappa shape index (κ1) is 18.4. The fraction of sp³-hybridized carbons (Fsp3) is 0.381. The van der Waals surface area contributed by atoms with Crippen molar-refractivity contribution in [1.29, 1.82) is 0 Å². The monoisotopic (exact) mass is 380 g/mol. The molecule has 1 aromatic carbocycles. The second-order valence-electron chi connectivity index (χ2n) is 7.12. The molecule has 2 N–H and O–H groups in total. The summed E-state index contributed by atoms with van der Waals surface area (Å²) in [5.41, 5.74) is 8.26. The van der Waals surface area contributed by atoms with E-state index in [-0.39, 0.29) is 12.0 Å². The molecule has 4 rings (SSSR count). The highest BCUT2D eigenvalue weighted by Crippen LogP contribution is 2.30. The van der Waals surface area contributed by atoms with Gasteiger partial charge < -0.3 is 20.3 Å². The number of hydrogen-bond acceptors (Lipinski definition) is 5. The van der Waals surface area contributed by atoms with Crippen LogP contribution in [0.3, 0.4) is 0 Å². The average Bonchev–Trinajstić information content (AvgIpc) is 2.74. The number of ether oxygens (including phenoxy) is 1. The Morgan fingerprint density at radius 1 is 1.11 bits per heavy atom. The summed E-state index contributed by atoms with van der Waals surface area (Å²) < 4.78 is 5.88. The van der Waals surface area contributed by atoms with Crippen LogP contribution in [0, 0.1) is 0 Å². The van der Waals surface area contributed by atoms with Crippen LogP contribution >= 0.6 is 0 Å². The number of primary amides is 1. The van der Waals surface area contributed by atoms with Gasteiger partial charge in [0.15, 0.2) is 0 Å². The summed E-state index contributed by atoms with van der Waals surface area (Å²) in [4.78, 5) is 32.7. The number of carbonyl (C=O) groups excluding carboxylic acids is 2. The van der Waals surface area contributed by atoms with Gasteiger partial charge in [-0.05, 0) is 29.7 Å². The van der Waals surface area contributed by atoms with Crippen molar-refractivity contribution in [2.75, 3.05) is 37.7 Å². The third kappa shape index (κ3) is 3.71. The van der Waals surface area contributed by atoms with E-state index in [1.54, 1.807) is 18.3 Å². The van der Waals surface area contributed by atoms with Crippen LogP contribution in [-0.2, 0) is 16.0 Å². The SMILES string of the molecule is NC(=O)c1cccnc1N1CCN(C(=O)CC2OCCc3ccccc32)CC1. The summed E-state index contributed by atoms with van der Waals surface area (Å²) in [6, 6.07) is 11.6. The quantitative estimate of drug-likeness (QED) is 0.869. The van der Waals surface area contributed by atoms with E-state index in [2.05, 4.69) is 17.1 Å². The van der Waals surface area contributed by atoms with Gasteiger partial charge in [0, 0.05) is 32.4 Å². The number of benzene rings is 1. The summed E-state index contributed by atoms with van der Waals surface area (Å²) in [6.07, 6.45) is 2.73. The Morgan fingerprint density at radius 3 is 2.68 bits per heavy atom. The maximum Gasteiger partial charge on any atom is 0.252 e. The topological polar surface area (TPSA) is 88.8 Å². The van der Waals surface area contributed by atoms with Gasteiger partial charge in [-0.15, -0.1) is 0 Å². The number of pyridine rings is 1. The number of fused-ring (bicyclic) bond motifs is 1. The van der Waals surface area contributed by atoms with Crippen molar-refractivity contribution in [2.45, 2.75) is 18.9 Å². The van der Waals surface area contributed by atoms with E-state index in [0.29, 0.717) is 50.6 Å². The molecule has 2 amide bonds. The zero-order chi connectivity index (χ0) is 19.5. The standard InChI is InChI=1S/C21H24N4O3/c22-20(27)17-6-3-8-23-21(17)25-11-9-24(10-12-25)19(26)14-18-16-5-2-1-4-15(16)7-13-28-18/h1-6,8,18H,7,9-14H2,(H2,22,27). The van der Waals surface area contributed by atoms with E-state index >= 15 is 0 Å². The van der Waals surface area contributed by atoms with Gasteiger partial charge in [-0.25, -0.2) is 4.98 Å². The average molecular weight is 380 g/mol. The lowest BCUT2D eigenvalue weighted by Crippen LogP contribution is -2.49. The van der Waals surface area contributed by atoms with Crippen LogP contribution in [0.5, 0.6) is 0 Å². The van der Waals surface area contributed by atoms with Crippen LogP contribution in [-0.4, -0.2) is 54.5 Å². The Balaban J connectivity index is 1.38. The highest BCUT2D eigenvalue weighted by molar-refractivity contribution is 5.97. The zero-order valence-electron chi connectivity index (χ0n) is 15.7. The number of rotatable bonds is 4. The van der Waals surface area contributed by atoms with Crippen LogP contribution in [0.4, 0.5) is 5.82 Å². The molecule has 0 spiro atoms. The van der Waals surface area contributed by atoms with Gasteiger partial charge >= 0.3 is 0 Å². The molecule has 0 saturated carbocycles. The molecule has 1 saturated heterocycles. The highest BCUT2D eigenvalue weighted by atomic mass is 16.5. The molecule has 1 unspecified atom stereocenters. The predicted octanol–water partition coefficient (Wildman–Crippen LogP) is 1.53. The third-order valence-corrected chi connectivity index (χ3v) is 5.44. The molecule has 1 fully saturated rings. The lowest BCUT2D eigenvalue weighted by molar-refractivity contribution is -0.135. The smallest absolute Gasteiger partial charge is 0.252 e. The summed E-state index contributed by atoms with van der Waals surface area (Å²) in [5.74, 6) is 0.193. The Kier molecular flexibility index (Phi) is 5.25. The van der Waals surface area contributed by atoms with E-state index < -0.39 is 5.91 Å². The second-order valence-corrected chi connectivity index (χ2v) is 7.12. The minimum absolute atomic E-state index is 0.0949. The van der Waals surface area contributed by atoms with Gasteiger partial charge in [-0.3, -0.25) is 9.59 Å². The number of nitrogens with zero attached hydrogens (tertiary/aromatic N) is 3. The predicted molar refractivity (Wildman–Crippen MR) is 105 cm³/mol. The van der Waals surface area contributed by atoms with Crippen molar-refractivity contribution >= 4 is 17.6 Å². The number of aromatic nitrogens is 1. The molecule has 146 valence electrons. The molecule has 7 nitrogen and oxygen atoms in total. The largest absolute Gasteiger partial charge is 0.373 e. The highest BCUT2D eigenvalue weighted by Gasteiger charge is 2.28. The van der Waals surface area contributed by atoms with Crippen molar-refractivity contribution in [3.63, 3.8) is 0 Å². The normalized spacial score (nSPS) is 19.2. The lowest BCUT2D eigenvalue weighted by Gasteiger charge is -2.37.